The van der Waals surface area contributed by atoms with Gasteiger partial charge in [-0.2, -0.15) is 0 Å². The fraction of sp³-hybridized carbons (Fsp3) is 0. The van der Waals surface area contributed by atoms with E-state index < -0.39 is 0 Å². The van der Waals surface area contributed by atoms with E-state index in [9.17, 15) is 0 Å². The standard InChI is InChI=1S/C47H28N2OS2/c1-2-11-31(12-3-1)47-48-46-43(52-47)27-26-39-45(46)36-25-24-33(28-40(36)50-39)49(38-17-9-19-42-44(38)37-15-6-7-18-41(37)51-42)32-22-20-30(21-23-32)35-16-8-13-29-10-4-5-14-34(29)35/h1-28H. The van der Waals surface area contributed by atoms with E-state index in [1.54, 1.807) is 11.3 Å². The third-order valence-electron chi connectivity index (χ3n) is 10.1. The monoisotopic (exact) mass is 700 g/mol. The van der Waals surface area contributed by atoms with Crippen molar-refractivity contribution >= 4 is 103 Å². The minimum absolute atomic E-state index is 0.842. The summed E-state index contributed by atoms with van der Waals surface area (Å²) in [5, 5.41) is 8.16. The van der Waals surface area contributed by atoms with Crippen molar-refractivity contribution in [3.63, 3.8) is 0 Å². The van der Waals surface area contributed by atoms with Crippen LogP contribution in [0.2, 0.25) is 0 Å². The summed E-state index contributed by atoms with van der Waals surface area (Å²) in [6, 6.07) is 60.8. The van der Waals surface area contributed by atoms with E-state index in [0.29, 0.717) is 0 Å². The van der Waals surface area contributed by atoms with E-state index in [2.05, 4.69) is 169 Å². The molecule has 0 amide bonds. The number of fused-ring (bicyclic) bond motifs is 9. The molecule has 0 saturated heterocycles. The summed E-state index contributed by atoms with van der Waals surface area (Å²) in [5.41, 5.74) is 9.48. The number of rotatable bonds is 5. The summed E-state index contributed by atoms with van der Waals surface area (Å²) in [4.78, 5) is 7.53. The molecule has 3 heterocycles. The van der Waals surface area contributed by atoms with Crippen LogP contribution in [0.5, 0.6) is 0 Å². The SMILES string of the molecule is c1ccc(-c2nc3c(ccc4oc5cc(N(c6ccc(-c7cccc8ccccc78)cc6)c6cccc7sc8ccccc8c67)ccc5c43)s2)cc1. The Balaban J connectivity index is 1.10. The molecule has 3 nitrogen and oxygen atoms in total. The van der Waals surface area contributed by atoms with Gasteiger partial charge in [-0.3, -0.25) is 0 Å². The van der Waals surface area contributed by atoms with E-state index in [-0.39, 0.29) is 0 Å². The molecule has 3 aromatic heterocycles. The highest BCUT2D eigenvalue weighted by Gasteiger charge is 2.21. The Hall–Kier alpha value is -6.27. The molecule has 0 spiro atoms. The van der Waals surface area contributed by atoms with Gasteiger partial charge in [0.1, 0.15) is 16.2 Å². The van der Waals surface area contributed by atoms with E-state index in [4.69, 9.17) is 9.40 Å². The molecule has 0 saturated carbocycles. The third-order valence-corrected chi connectivity index (χ3v) is 12.3. The summed E-state index contributed by atoms with van der Waals surface area (Å²) < 4.78 is 10.3. The van der Waals surface area contributed by atoms with Gasteiger partial charge in [-0.15, -0.1) is 22.7 Å². The molecule has 0 atom stereocenters. The maximum Gasteiger partial charge on any atom is 0.137 e. The van der Waals surface area contributed by atoms with Gasteiger partial charge in [-0.05, 0) is 76.5 Å². The molecule has 0 bridgehead atoms. The third kappa shape index (κ3) is 4.60. The highest BCUT2D eigenvalue weighted by molar-refractivity contribution is 7.26. The van der Waals surface area contributed by atoms with Crippen LogP contribution in [0.3, 0.4) is 0 Å². The average Bonchev–Trinajstić information content (AvgIpc) is 3.92. The Morgan fingerprint density at radius 2 is 1.21 bits per heavy atom. The number of thiazole rings is 1. The number of hydrogen-bond acceptors (Lipinski definition) is 5. The number of benzene rings is 8. The van der Waals surface area contributed by atoms with Crippen molar-refractivity contribution in [2.45, 2.75) is 0 Å². The number of thiophene rings is 1. The van der Waals surface area contributed by atoms with Crippen molar-refractivity contribution in [3.8, 4) is 21.7 Å². The minimum Gasteiger partial charge on any atom is -0.456 e. The van der Waals surface area contributed by atoms with Crippen LogP contribution in [0.25, 0.3) is 84.8 Å². The van der Waals surface area contributed by atoms with E-state index >= 15 is 0 Å². The van der Waals surface area contributed by atoms with Gasteiger partial charge in [0.25, 0.3) is 0 Å². The number of hydrogen-bond donors (Lipinski definition) is 0. The molecule has 0 fully saturated rings. The largest absolute Gasteiger partial charge is 0.456 e. The molecule has 8 aromatic carbocycles. The Morgan fingerprint density at radius 3 is 2.12 bits per heavy atom. The van der Waals surface area contributed by atoms with Crippen molar-refractivity contribution < 1.29 is 4.42 Å². The predicted octanol–water partition coefficient (Wildman–Crippen LogP) is 14.5. The maximum absolute atomic E-state index is 6.64. The molecule has 11 rings (SSSR count). The number of nitrogens with zero attached hydrogens (tertiary/aromatic N) is 2. The summed E-state index contributed by atoms with van der Waals surface area (Å²) in [6.45, 7) is 0. The number of furan rings is 1. The van der Waals surface area contributed by atoms with Gasteiger partial charge < -0.3 is 9.32 Å². The summed E-state index contributed by atoms with van der Waals surface area (Å²) in [6.07, 6.45) is 0. The van der Waals surface area contributed by atoms with E-state index in [1.165, 1.54) is 42.1 Å². The lowest BCUT2D eigenvalue weighted by Crippen LogP contribution is -2.10. The zero-order valence-corrected chi connectivity index (χ0v) is 29.4. The molecule has 52 heavy (non-hydrogen) atoms. The summed E-state index contributed by atoms with van der Waals surface area (Å²) in [5.74, 6) is 0. The van der Waals surface area contributed by atoms with Gasteiger partial charge in [0.15, 0.2) is 0 Å². The minimum atomic E-state index is 0.842. The molecule has 5 heteroatoms. The highest BCUT2D eigenvalue weighted by Crippen LogP contribution is 2.47. The second kappa shape index (κ2) is 11.6. The second-order valence-electron chi connectivity index (χ2n) is 13.1. The molecule has 11 aromatic rings. The fourth-order valence-corrected chi connectivity index (χ4v) is 9.83. The zero-order valence-electron chi connectivity index (χ0n) is 27.8. The molecule has 0 aliphatic heterocycles. The van der Waals surface area contributed by atoms with Crippen molar-refractivity contribution in [2.75, 3.05) is 4.90 Å². The first-order valence-electron chi connectivity index (χ1n) is 17.4. The number of anilines is 3. The van der Waals surface area contributed by atoms with Crippen molar-refractivity contribution in [1.82, 2.24) is 4.98 Å². The molecular formula is C47H28N2OS2. The van der Waals surface area contributed by atoms with Crippen LogP contribution in [-0.2, 0) is 0 Å². The number of aromatic nitrogens is 1. The molecular weight excluding hydrogens is 673 g/mol. The van der Waals surface area contributed by atoms with Gasteiger partial charge in [0, 0.05) is 48.6 Å². The molecule has 0 N–H and O–H groups in total. The fourth-order valence-electron chi connectivity index (χ4n) is 7.72. The summed E-state index contributed by atoms with van der Waals surface area (Å²) in [7, 11) is 0. The smallest absolute Gasteiger partial charge is 0.137 e. The first kappa shape index (κ1) is 29.5. The van der Waals surface area contributed by atoms with Crippen molar-refractivity contribution in [1.29, 1.82) is 0 Å². The lowest BCUT2D eigenvalue weighted by Gasteiger charge is -2.26. The summed E-state index contributed by atoms with van der Waals surface area (Å²) >= 11 is 3.56. The lowest BCUT2D eigenvalue weighted by atomic mass is 9.98. The molecule has 0 aliphatic carbocycles. The Kier molecular flexibility index (Phi) is 6.59. The van der Waals surface area contributed by atoms with E-state index in [0.717, 1.165) is 59.8 Å². The van der Waals surface area contributed by atoms with Crippen molar-refractivity contribution in [2.24, 2.45) is 0 Å². The predicted molar refractivity (Wildman–Crippen MR) is 223 cm³/mol. The topological polar surface area (TPSA) is 29.3 Å². The van der Waals surface area contributed by atoms with E-state index in [1.807, 2.05) is 17.4 Å². The van der Waals surface area contributed by atoms with Gasteiger partial charge in [0.2, 0.25) is 0 Å². The Bertz CT molecular complexity index is 3130. The van der Waals surface area contributed by atoms with Crippen LogP contribution in [0, 0.1) is 0 Å². The van der Waals surface area contributed by atoms with Crippen LogP contribution in [0.15, 0.2) is 174 Å². The Morgan fingerprint density at radius 1 is 0.462 bits per heavy atom. The molecule has 0 radical (unpaired) electrons. The van der Waals surface area contributed by atoms with Crippen LogP contribution in [0.1, 0.15) is 0 Å². The quantitative estimate of drug-likeness (QED) is 0.179. The van der Waals surface area contributed by atoms with Crippen molar-refractivity contribution in [3.05, 3.63) is 170 Å². The second-order valence-corrected chi connectivity index (χ2v) is 15.2. The van der Waals surface area contributed by atoms with Crippen LogP contribution < -0.4 is 4.90 Å². The first-order chi connectivity index (χ1) is 25.8. The molecule has 0 unspecified atom stereocenters. The lowest BCUT2D eigenvalue weighted by molar-refractivity contribution is 0.669. The van der Waals surface area contributed by atoms with Gasteiger partial charge in [-0.25, -0.2) is 4.98 Å². The first-order valence-corrected chi connectivity index (χ1v) is 19.0. The van der Waals surface area contributed by atoms with Crippen LogP contribution in [-0.4, -0.2) is 4.98 Å². The van der Waals surface area contributed by atoms with Crippen LogP contribution >= 0.6 is 22.7 Å². The normalized spacial score (nSPS) is 11.8. The Labute approximate surface area is 307 Å². The van der Waals surface area contributed by atoms with Gasteiger partial charge in [0.05, 0.1) is 21.3 Å². The molecule has 0 aliphatic rings. The van der Waals surface area contributed by atoms with Gasteiger partial charge >= 0.3 is 0 Å². The highest BCUT2D eigenvalue weighted by atomic mass is 32.1. The average molecular weight is 701 g/mol. The van der Waals surface area contributed by atoms with Gasteiger partial charge in [-0.1, -0.05) is 109 Å². The molecule has 244 valence electrons. The maximum atomic E-state index is 6.64. The zero-order chi connectivity index (χ0) is 34.2. The van der Waals surface area contributed by atoms with Crippen LogP contribution in [0.4, 0.5) is 17.1 Å².